The molecule has 158 valence electrons. The van der Waals surface area contributed by atoms with Crippen LogP contribution in [-0.2, 0) is 20.4 Å². The molecule has 0 saturated carbocycles. The van der Waals surface area contributed by atoms with Gasteiger partial charge in [-0.1, -0.05) is 41.6 Å². The van der Waals surface area contributed by atoms with Crippen LogP contribution >= 0.6 is 23.4 Å². The Morgan fingerprint density at radius 2 is 1.68 bits per heavy atom. The van der Waals surface area contributed by atoms with E-state index in [2.05, 4.69) is 5.32 Å². The zero-order valence-corrected chi connectivity index (χ0v) is 18.1. The molecular weight excluding hydrogens is 464 g/mol. The number of fused-ring (bicyclic) bond motifs is 1. The molecule has 3 aromatic rings. The molecule has 4 nitrogen and oxygen atoms in total. The molecule has 0 aliphatic carbocycles. The van der Waals surface area contributed by atoms with Crippen molar-refractivity contribution >= 4 is 50.9 Å². The number of thioether (sulfide) groups is 1. The van der Waals surface area contributed by atoms with Crippen LogP contribution in [0.1, 0.15) is 11.1 Å². The zero-order chi connectivity index (χ0) is 22.2. The molecule has 0 unspecified atom stereocenters. The van der Waals surface area contributed by atoms with Crippen molar-refractivity contribution in [1.29, 1.82) is 0 Å². The highest BCUT2D eigenvalue weighted by Gasteiger charge is 2.25. The number of hydrogen-bond acceptors (Lipinski definition) is 4. The third kappa shape index (κ3) is 4.66. The summed E-state index contributed by atoms with van der Waals surface area (Å²) in [5.74, 6) is -3.07. The van der Waals surface area contributed by atoms with E-state index >= 15 is 0 Å². The van der Waals surface area contributed by atoms with Gasteiger partial charge in [0.15, 0.2) is 9.84 Å². The monoisotopic (exact) mass is 477 g/mol. The molecule has 0 fully saturated rings. The predicted molar refractivity (Wildman–Crippen MR) is 118 cm³/mol. The second-order valence-corrected chi connectivity index (χ2v) is 10.2. The number of carbonyl (C=O) groups excluding carboxylic acids is 1. The lowest BCUT2D eigenvalue weighted by Gasteiger charge is -2.19. The molecule has 1 amide bonds. The number of carbonyl (C=O) groups is 1. The molecule has 31 heavy (non-hydrogen) atoms. The highest BCUT2D eigenvalue weighted by Crippen LogP contribution is 2.40. The van der Waals surface area contributed by atoms with E-state index in [4.69, 9.17) is 11.6 Å². The average molecular weight is 478 g/mol. The second kappa shape index (κ2) is 8.45. The normalized spacial score (nSPS) is 14.9. The van der Waals surface area contributed by atoms with Gasteiger partial charge >= 0.3 is 0 Å². The first kappa shape index (κ1) is 21.5. The quantitative estimate of drug-likeness (QED) is 0.491. The lowest BCUT2D eigenvalue weighted by molar-refractivity contribution is -0.112. The Labute approximate surface area is 186 Å². The van der Waals surface area contributed by atoms with Crippen molar-refractivity contribution in [3.05, 3.63) is 93.4 Å². The number of rotatable bonds is 4. The summed E-state index contributed by atoms with van der Waals surface area (Å²) in [6, 6.07) is 14.4. The van der Waals surface area contributed by atoms with Crippen LogP contribution in [0.25, 0.3) is 6.08 Å². The van der Waals surface area contributed by atoms with Gasteiger partial charge in [-0.15, -0.1) is 0 Å². The van der Waals surface area contributed by atoms with Crippen molar-refractivity contribution in [2.75, 3.05) is 5.32 Å². The van der Waals surface area contributed by atoms with E-state index in [9.17, 15) is 22.0 Å². The number of halogens is 3. The fraction of sp³-hybridized carbons (Fsp3) is 0.0455. The highest BCUT2D eigenvalue weighted by atomic mass is 35.5. The molecule has 4 rings (SSSR count). The Morgan fingerprint density at radius 1 is 1.00 bits per heavy atom. The number of sulfone groups is 1. The number of benzene rings is 3. The number of amides is 1. The summed E-state index contributed by atoms with van der Waals surface area (Å²) in [6.45, 7) is 0. The van der Waals surface area contributed by atoms with Crippen molar-refractivity contribution in [2.45, 2.75) is 15.5 Å². The molecular formula is C22H14ClF2NO3S2. The minimum absolute atomic E-state index is 0.139. The van der Waals surface area contributed by atoms with Gasteiger partial charge in [-0.25, -0.2) is 17.2 Å². The first-order chi connectivity index (χ1) is 14.7. The topological polar surface area (TPSA) is 63.2 Å². The van der Waals surface area contributed by atoms with E-state index in [1.807, 2.05) is 0 Å². The minimum atomic E-state index is -4.04. The first-order valence-corrected chi connectivity index (χ1v) is 11.8. The van der Waals surface area contributed by atoms with Crippen LogP contribution in [0.3, 0.4) is 0 Å². The Kier molecular flexibility index (Phi) is 5.88. The molecule has 1 N–H and O–H groups in total. The molecule has 0 aromatic heterocycles. The summed E-state index contributed by atoms with van der Waals surface area (Å²) in [7, 11) is -4.04. The molecule has 1 aliphatic rings. The average Bonchev–Trinajstić information content (AvgIpc) is 2.72. The van der Waals surface area contributed by atoms with Crippen LogP contribution in [0.15, 0.2) is 75.4 Å². The largest absolute Gasteiger partial charge is 0.320 e. The third-order valence-electron chi connectivity index (χ3n) is 4.57. The van der Waals surface area contributed by atoms with Crippen molar-refractivity contribution in [3.8, 4) is 0 Å². The van der Waals surface area contributed by atoms with E-state index in [0.717, 1.165) is 17.7 Å². The fourth-order valence-electron chi connectivity index (χ4n) is 2.99. The molecule has 0 atom stereocenters. The number of nitrogens with one attached hydrogen (secondary N) is 1. The fourth-order valence-corrected chi connectivity index (χ4v) is 5.44. The van der Waals surface area contributed by atoms with Crippen LogP contribution in [0, 0.1) is 11.6 Å². The summed E-state index contributed by atoms with van der Waals surface area (Å²) < 4.78 is 53.2. The summed E-state index contributed by atoms with van der Waals surface area (Å²) in [6.07, 6.45) is 1.70. The predicted octanol–water partition coefficient (Wildman–Crippen LogP) is 5.68. The van der Waals surface area contributed by atoms with E-state index in [1.165, 1.54) is 30.0 Å². The van der Waals surface area contributed by atoms with Crippen LogP contribution in [0.2, 0.25) is 5.02 Å². The zero-order valence-electron chi connectivity index (χ0n) is 15.7. The molecule has 0 spiro atoms. The summed E-state index contributed by atoms with van der Waals surface area (Å²) in [5.41, 5.74) is 0.585. The van der Waals surface area contributed by atoms with Crippen LogP contribution in [0.4, 0.5) is 14.5 Å². The van der Waals surface area contributed by atoms with Gasteiger partial charge in [0.25, 0.3) is 5.91 Å². The molecule has 9 heteroatoms. The van der Waals surface area contributed by atoms with Crippen molar-refractivity contribution in [3.63, 3.8) is 0 Å². The van der Waals surface area contributed by atoms with E-state index in [-0.39, 0.29) is 10.8 Å². The third-order valence-corrected chi connectivity index (χ3v) is 7.56. The molecule has 0 saturated heterocycles. The second-order valence-electron chi connectivity index (χ2n) is 6.73. The maximum absolute atomic E-state index is 13.9. The van der Waals surface area contributed by atoms with E-state index in [1.54, 1.807) is 36.4 Å². The summed E-state index contributed by atoms with van der Waals surface area (Å²) >= 11 is 7.07. The van der Waals surface area contributed by atoms with Gasteiger partial charge in [0.2, 0.25) is 0 Å². The van der Waals surface area contributed by atoms with Gasteiger partial charge in [0, 0.05) is 15.5 Å². The Hall–Kier alpha value is -2.68. The highest BCUT2D eigenvalue weighted by molar-refractivity contribution is 8.04. The summed E-state index contributed by atoms with van der Waals surface area (Å²) in [4.78, 5) is 13.4. The van der Waals surface area contributed by atoms with Gasteiger partial charge in [-0.05, 0) is 54.1 Å². The van der Waals surface area contributed by atoms with Crippen molar-refractivity contribution in [1.82, 2.24) is 0 Å². The van der Waals surface area contributed by atoms with Crippen molar-refractivity contribution < 1.29 is 22.0 Å². The first-order valence-electron chi connectivity index (χ1n) is 8.99. The maximum atomic E-state index is 13.9. The molecule has 1 aliphatic heterocycles. The lowest BCUT2D eigenvalue weighted by atomic mass is 10.2. The smallest absolute Gasteiger partial charge is 0.262 e. The standard InChI is InChI=1S/C22H14ClF2NO3S2/c23-14-6-4-13(5-7-14)10-21-22(27)26-19-11-15(8-9-20(19)30-21)31(28,29)12-16-17(24)2-1-3-18(16)25/h1-11H,12H2,(H,26,27). The minimum Gasteiger partial charge on any atom is -0.320 e. The maximum Gasteiger partial charge on any atom is 0.262 e. The molecule has 1 heterocycles. The Morgan fingerprint density at radius 3 is 2.35 bits per heavy atom. The summed E-state index contributed by atoms with van der Waals surface area (Å²) in [5, 5.41) is 3.25. The number of anilines is 1. The van der Waals surface area contributed by atoms with Crippen LogP contribution in [-0.4, -0.2) is 14.3 Å². The Bertz CT molecular complexity index is 1300. The van der Waals surface area contributed by atoms with Crippen LogP contribution < -0.4 is 5.32 Å². The van der Waals surface area contributed by atoms with Gasteiger partial charge in [-0.3, -0.25) is 4.79 Å². The molecule has 0 bridgehead atoms. The Balaban J connectivity index is 1.62. The van der Waals surface area contributed by atoms with Gasteiger partial charge in [0.1, 0.15) is 11.6 Å². The van der Waals surface area contributed by atoms with Crippen molar-refractivity contribution in [2.24, 2.45) is 0 Å². The number of hydrogen-bond donors (Lipinski definition) is 1. The van der Waals surface area contributed by atoms with Gasteiger partial charge in [0.05, 0.1) is 21.2 Å². The van der Waals surface area contributed by atoms with Gasteiger partial charge < -0.3 is 5.32 Å². The van der Waals surface area contributed by atoms with E-state index < -0.39 is 32.8 Å². The SMILES string of the molecule is O=C1Nc2cc(S(=O)(=O)Cc3c(F)cccc3F)ccc2SC1=Cc1ccc(Cl)cc1. The lowest BCUT2D eigenvalue weighted by Crippen LogP contribution is -2.18. The molecule has 0 radical (unpaired) electrons. The van der Waals surface area contributed by atoms with Gasteiger partial charge in [-0.2, -0.15) is 0 Å². The van der Waals surface area contributed by atoms with Crippen LogP contribution in [0.5, 0.6) is 0 Å². The van der Waals surface area contributed by atoms with E-state index in [0.29, 0.717) is 20.5 Å². The molecule has 3 aromatic carbocycles.